The molecule has 1 spiro atoms. The molecule has 33 heavy (non-hydrogen) atoms. The van der Waals surface area contributed by atoms with Crippen molar-refractivity contribution < 1.29 is 19.1 Å². The van der Waals surface area contributed by atoms with Crippen LogP contribution in [0.5, 0.6) is 5.88 Å². The van der Waals surface area contributed by atoms with Gasteiger partial charge in [0.2, 0.25) is 5.88 Å². The second-order valence-electron chi connectivity index (χ2n) is 9.69. The Hall–Kier alpha value is -3.42. The Balaban J connectivity index is 1.14. The van der Waals surface area contributed by atoms with E-state index >= 15 is 0 Å². The van der Waals surface area contributed by atoms with Crippen molar-refractivity contribution in [3.63, 3.8) is 0 Å². The fraction of sp³-hybridized carbons (Fsp3) is 0.440. The van der Waals surface area contributed by atoms with Gasteiger partial charge in [0.1, 0.15) is 17.7 Å². The Kier molecular flexibility index (Phi) is 5.31. The van der Waals surface area contributed by atoms with Gasteiger partial charge in [-0.3, -0.25) is 14.5 Å². The summed E-state index contributed by atoms with van der Waals surface area (Å²) in [6.07, 6.45) is 5.33. The van der Waals surface area contributed by atoms with Gasteiger partial charge in [-0.2, -0.15) is 0 Å². The number of imide groups is 1. The first-order valence-corrected chi connectivity index (χ1v) is 11.5. The number of aromatic nitrogens is 1. The maximum atomic E-state index is 13.0. The number of pyridine rings is 1. The highest BCUT2D eigenvalue weighted by molar-refractivity contribution is 6.04. The van der Waals surface area contributed by atoms with Crippen LogP contribution in [0.2, 0.25) is 0 Å². The number of hydrogen-bond donors (Lipinski definition) is 2. The average Bonchev–Trinajstić information content (AvgIpc) is 3.02. The van der Waals surface area contributed by atoms with Gasteiger partial charge in [0, 0.05) is 12.2 Å². The molecule has 4 amide bonds. The van der Waals surface area contributed by atoms with E-state index in [-0.39, 0.29) is 46.9 Å². The zero-order valence-corrected chi connectivity index (χ0v) is 18.6. The highest BCUT2D eigenvalue weighted by atomic mass is 16.5. The summed E-state index contributed by atoms with van der Waals surface area (Å²) in [6, 6.07) is 12.5. The molecule has 0 bridgehead atoms. The second-order valence-corrected chi connectivity index (χ2v) is 9.69. The third kappa shape index (κ3) is 3.94. The largest absolute Gasteiger partial charge is 0.474 e. The van der Waals surface area contributed by atoms with Gasteiger partial charge in [-0.15, -0.1) is 0 Å². The van der Waals surface area contributed by atoms with Gasteiger partial charge in [0.05, 0.1) is 0 Å². The van der Waals surface area contributed by atoms with Crippen LogP contribution in [0.25, 0.3) is 0 Å². The van der Waals surface area contributed by atoms with E-state index in [1.165, 1.54) is 4.90 Å². The van der Waals surface area contributed by atoms with E-state index in [4.69, 9.17) is 10.5 Å². The molecule has 3 fully saturated rings. The van der Waals surface area contributed by atoms with Crippen LogP contribution >= 0.6 is 0 Å². The molecule has 3 aliphatic rings. The van der Waals surface area contributed by atoms with Crippen molar-refractivity contribution in [1.29, 1.82) is 0 Å². The van der Waals surface area contributed by atoms with Crippen LogP contribution in [0.3, 0.4) is 0 Å². The second kappa shape index (κ2) is 8.17. The van der Waals surface area contributed by atoms with Gasteiger partial charge >= 0.3 is 6.03 Å². The molecule has 1 aromatic heterocycles. The summed E-state index contributed by atoms with van der Waals surface area (Å²) >= 11 is 0. The van der Waals surface area contributed by atoms with Gasteiger partial charge < -0.3 is 15.8 Å². The lowest BCUT2D eigenvalue weighted by Crippen LogP contribution is -2.60. The lowest BCUT2D eigenvalue weighted by atomic mass is 9.52. The number of hydrogen-bond acceptors (Lipinski definition) is 5. The Morgan fingerprint density at radius 1 is 1.18 bits per heavy atom. The third-order valence-electron chi connectivity index (χ3n) is 7.35. The number of nitrogens with two attached hydrogens (primary N) is 1. The predicted molar refractivity (Wildman–Crippen MR) is 120 cm³/mol. The average molecular weight is 449 g/mol. The number of carbonyl (C=O) groups excluding carboxylic acids is 3. The van der Waals surface area contributed by atoms with Crippen molar-refractivity contribution in [2.45, 2.75) is 63.1 Å². The molecule has 3 N–H and O–H groups in total. The van der Waals surface area contributed by atoms with Gasteiger partial charge in [-0.05, 0) is 61.1 Å². The molecular weight excluding hydrogens is 420 g/mol. The fourth-order valence-electron chi connectivity index (χ4n) is 5.60. The summed E-state index contributed by atoms with van der Waals surface area (Å²) in [7, 11) is 0. The maximum absolute atomic E-state index is 13.0. The lowest BCUT2D eigenvalue weighted by molar-refractivity contribution is -0.141. The smallest absolute Gasteiger partial charge is 0.325 e. The number of primary amides is 1. The van der Waals surface area contributed by atoms with Crippen LogP contribution < -0.4 is 15.8 Å². The minimum Gasteiger partial charge on any atom is -0.474 e. The fourth-order valence-corrected chi connectivity index (χ4v) is 5.60. The van der Waals surface area contributed by atoms with Crippen LogP contribution in [0.15, 0.2) is 48.7 Å². The molecule has 0 radical (unpaired) electrons. The van der Waals surface area contributed by atoms with Crippen LogP contribution in [-0.4, -0.2) is 45.9 Å². The van der Waals surface area contributed by atoms with Gasteiger partial charge in [-0.1, -0.05) is 37.3 Å². The van der Waals surface area contributed by atoms with E-state index in [1.807, 2.05) is 30.3 Å². The topological polar surface area (TPSA) is 115 Å². The van der Waals surface area contributed by atoms with E-state index in [0.717, 1.165) is 31.2 Å². The molecular formula is C25H28N4O4. The molecule has 2 heterocycles. The first-order valence-electron chi connectivity index (χ1n) is 11.5. The monoisotopic (exact) mass is 448 g/mol. The number of ether oxygens (including phenoxy) is 1. The Bertz CT molecular complexity index is 1070. The molecule has 1 saturated heterocycles. The molecule has 2 atom stereocenters. The van der Waals surface area contributed by atoms with E-state index in [9.17, 15) is 14.4 Å². The number of benzene rings is 1. The summed E-state index contributed by atoms with van der Waals surface area (Å²) in [5.74, 6) is -0.236. The van der Waals surface area contributed by atoms with Crippen molar-refractivity contribution in [1.82, 2.24) is 15.2 Å². The van der Waals surface area contributed by atoms with Crippen molar-refractivity contribution in [2.24, 2.45) is 11.1 Å². The highest BCUT2D eigenvalue weighted by Gasteiger charge is 2.58. The van der Waals surface area contributed by atoms with Gasteiger partial charge in [0.15, 0.2) is 0 Å². The minimum absolute atomic E-state index is 0.0403. The summed E-state index contributed by atoms with van der Waals surface area (Å²) in [6.45, 7) is 2.08. The van der Waals surface area contributed by atoms with E-state index in [1.54, 1.807) is 18.3 Å². The SMILES string of the molecule is CC(C[C@H]1NC(=O)N([C@H]2CC3(C[C@H](Oc4ncccc4C(N)=O)C3)C2)C1=O)c1ccccc1. The Morgan fingerprint density at radius 2 is 1.91 bits per heavy atom. The molecule has 8 nitrogen and oxygen atoms in total. The number of nitrogens with one attached hydrogen (secondary N) is 1. The van der Waals surface area contributed by atoms with Crippen molar-refractivity contribution in [2.75, 3.05) is 0 Å². The van der Waals surface area contributed by atoms with E-state index < -0.39 is 11.9 Å². The molecule has 8 heteroatoms. The maximum Gasteiger partial charge on any atom is 0.325 e. The highest BCUT2D eigenvalue weighted by Crippen LogP contribution is 2.58. The first-order chi connectivity index (χ1) is 15.8. The number of nitrogens with zero attached hydrogens (tertiary/aromatic N) is 2. The predicted octanol–water partition coefficient (Wildman–Crippen LogP) is 2.98. The van der Waals surface area contributed by atoms with E-state index in [0.29, 0.717) is 6.42 Å². The molecule has 5 rings (SSSR count). The molecule has 2 aromatic rings. The number of carbonyl (C=O) groups is 3. The summed E-state index contributed by atoms with van der Waals surface area (Å²) in [4.78, 5) is 42.7. The third-order valence-corrected chi connectivity index (χ3v) is 7.35. The summed E-state index contributed by atoms with van der Waals surface area (Å²) < 4.78 is 5.91. The quantitative estimate of drug-likeness (QED) is 0.632. The first kappa shape index (κ1) is 21.4. The minimum atomic E-state index is -0.564. The molecule has 2 aliphatic carbocycles. The summed E-state index contributed by atoms with van der Waals surface area (Å²) in [5.41, 5.74) is 6.92. The molecule has 2 saturated carbocycles. The number of amides is 4. The lowest BCUT2D eigenvalue weighted by Gasteiger charge is -2.58. The van der Waals surface area contributed by atoms with E-state index in [2.05, 4.69) is 17.2 Å². The van der Waals surface area contributed by atoms with Crippen molar-refractivity contribution >= 4 is 17.8 Å². The number of urea groups is 1. The van der Waals surface area contributed by atoms with Crippen LogP contribution in [0.4, 0.5) is 4.79 Å². The zero-order chi connectivity index (χ0) is 23.2. The van der Waals surface area contributed by atoms with Crippen LogP contribution in [0.1, 0.15) is 60.9 Å². The Morgan fingerprint density at radius 3 is 2.61 bits per heavy atom. The van der Waals surface area contributed by atoms with Crippen molar-refractivity contribution in [3.05, 3.63) is 59.8 Å². The normalized spacial score (nSPS) is 29.2. The van der Waals surface area contributed by atoms with Crippen molar-refractivity contribution in [3.8, 4) is 5.88 Å². The standard InChI is InChI=1S/C25H28N4O4/c1-15(16-6-3-2-4-7-16)10-20-23(31)29(24(32)28-20)17-11-25(12-17)13-18(14-25)33-22-19(21(26)30)8-5-9-27-22/h2-9,15,17-18,20H,10-14H2,1H3,(H2,26,30)(H,28,32)/t15?,17-,18-,20-,25?/m1/s1. The molecule has 1 aromatic carbocycles. The molecule has 172 valence electrons. The summed E-state index contributed by atoms with van der Waals surface area (Å²) in [5, 5.41) is 2.89. The van der Waals surface area contributed by atoms with Gasteiger partial charge in [0.25, 0.3) is 11.8 Å². The zero-order valence-electron chi connectivity index (χ0n) is 18.6. The van der Waals surface area contributed by atoms with Crippen LogP contribution in [-0.2, 0) is 4.79 Å². The van der Waals surface area contributed by atoms with Gasteiger partial charge in [-0.25, -0.2) is 9.78 Å². The number of rotatable bonds is 7. The molecule has 1 unspecified atom stereocenters. The van der Waals surface area contributed by atoms with Crippen LogP contribution in [0, 0.1) is 5.41 Å². The molecule has 1 aliphatic heterocycles. The Labute approximate surface area is 192 Å².